The van der Waals surface area contributed by atoms with Gasteiger partial charge in [-0.05, 0) is 12.1 Å². The van der Waals surface area contributed by atoms with Gasteiger partial charge in [0.15, 0.2) is 0 Å². The SMILES string of the molecule is Cn1cnc2cc(-c3n[nH]c(=O)cc3C#N)ccc21. The van der Waals surface area contributed by atoms with Gasteiger partial charge in [-0.2, -0.15) is 10.4 Å². The molecule has 6 nitrogen and oxygen atoms in total. The smallest absolute Gasteiger partial charge is 0.265 e. The van der Waals surface area contributed by atoms with E-state index in [0.29, 0.717) is 5.69 Å². The number of nitrogens with zero attached hydrogens (tertiary/aromatic N) is 4. The van der Waals surface area contributed by atoms with Crippen molar-refractivity contribution in [2.45, 2.75) is 0 Å². The summed E-state index contributed by atoms with van der Waals surface area (Å²) in [7, 11) is 1.91. The maximum Gasteiger partial charge on any atom is 0.265 e. The van der Waals surface area contributed by atoms with Crippen LogP contribution in [0.5, 0.6) is 0 Å². The Morgan fingerprint density at radius 2 is 2.21 bits per heavy atom. The summed E-state index contributed by atoms with van der Waals surface area (Å²) in [6.45, 7) is 0. The molecule has 0 aliphatic heterocycles. The lowest BCUT2D eigenvalue weighted by atomic mass is 10.1. The molecule has 2 heterocycles. The highest BCUT2D eigenvalue weighted by molar-refractivity contribution is 5.82. The zero-order valence-corrected chi connectivity index (χ0v) is 10.1. The average Bonchev–Trinajstić information content (AvgIpc) is 2.79. The van der Waals surface area contributed by atoms with E-state index in [1.165, 1.54) is 6.07 Å². The molecule has 6 heteroatoms. The minimum Gasteiger partial charge on any atom is -0.334 e. The molecule has 3 aromatic rings. The third-order valence-corrected chi connectivity index (χ3v) is 2.93. The molecular weight excluding hydrogens is 242 g/mol. The molecule has 19 heavy (non-hydrogen) atoms. The Morgan fingerprint density at radius 3 is 3.00 bits per heavy atom. The van der Waals surface area contributed by atoms with Crippen LogP contribution in [0.3, 0.4) is 0 Å². The van der Waals surface area contributed by atoms with Gasteiger partial charge in [-0.15, -0.1) is 0 Å². The molecule has 0 atom stereocenters. The van der Waals surface area contributed by atoms with Gasteiger partial charge in [-0.3, -0.25) is 4.79 Å². The fourth-order valence-electron chi connectivity index (χ4n) is 1.99. The van der Waals surface area contributed by atoms with Gasteiger partial charge >= 0.3 is 0 Å². The molecule has 0 spiro atoms. The van der Waals surface area contributed by atoms with Crippen LogP contribution in [0.25, 0.3) is 22.3 Å². The van der Waals surface area contributed by atoms with Crippen LogP contribution >= 0.6 is 0 Å². The number of aromatic amines is 1. The van der Waals surface area contributed by atoms with Gasteiger partial charge in [0.2, 0.25) is 0 Å². The zero-order valence-electron chi connectivity index (χ0n) is 10.1. The van der Waals surface area contributed by atoms with Gasteiger partial charge in [0.05, 0.1) is 22.9 Å². The normalized spacial score (nSPS) is 10.5. The molecule has 0 saturated heterocycles. The molecule has 0 unspecified atom stereocenters. The van der Waals surface area contributed by atoms with Crippen molar-refractivity contribution >= 4 is 11.0 Å². The monoisotopic (exact) mass is 251 g/mol. The number of nitriles is 1. The molecule has 0 fully saturated rings. The Morgan fingerprint density at radius 1 is 1.37 bits per heavy atom. The highest BCUT2D eigenvalue weighted by atomic mass is 16.1. The quantitative estimate of drug-likeness (QED) is 0.703. The van der Waals surface area contributed by atoms with Gasteiger partial charge in [0, 0.05) is 18.7 Å². The number of fused-ring (bicyclic) bond motifs is 1. The molecule has 0 aliphatic rings. The van der Waals surface area contributed by atoms with Gasteiger partial charge in [-0.25, -0.2) is 10.1 Å². The minimum atomic E-state index is -0.390. The first-order valence-corrected chi connectivity index (χ1v) is 5.60. The lowest BCUT2D eigenvalue weighted by molar-refractivity contribution is 0.947. The lowest BCUT2D eigenvalue weighted by Gasteiger charge is -2.02. The number of H-pyrrole nitrogens is 1. The summed E-state index contributed by atoms with van der Waals surface area (Å²) in [6.07, 6.45) is 1.72. The van der Waals surface area contributed by atoms with E-state index in [1.54, 1.807) is 6.33 Å². The summed E-state index contributed by atoms with van der Waals surface area (Å²) in [5.74, 6) is 0. The summed E-state index contributed by atoms with van der Waals surface area (Å²) >= 11 is 0. The van der Waals surface area contributed by atoms with Gasteiger partial charge in [0.25, 0.3) is 5.56 Å². The van der Waals surface area contributed by atoms with Crippen molar-refractivity contribution in [1.82, 2.24) is 19.7 Å². The highest BCUT2D eigenvalue weighted by Gasteiger charge is 2.09. The van der Waals surface area contributed by atoms with Crippen LogP contribution in [-0.2, 0) is 7.05 Å². The second-order valence-corrected chi connectivity index (χ2v) is 4.17. The predicted octanol–water partition coefficient (Wildman–Crippen LogP) is 1.20. The predicted molar refractivity (Wildman–Crippen MR) is 69.3 cm³/mol. The largest absolute Gasteiger partial charge is 0.334 e. The molecule has 3 rings (SSSR count). The van der Waals surface area contributed by atoms with Crippen LogP contribution in [0.2, 0.25) is 0 Å². The van der Waals surface area contributed by atoms with Crippen LogP contribution in [0.4, 0.5) is 0 Å². The van der Waals surface area contributed by atoms with Crippen molar-refractivity contribution in [3.63, 3.8) is 0 Å². The van der Waals surface area contributed by atoms with Crippen molar-refractivity contribution in [3.05, 3.63) is 46.5 Å². The van der Waals surface area contributed by atoms with E-state index in [1.807, 2.05) is 35.9 Å². The van der Waals surface area contributed by atoms with Crippen molar-refractivity contribution in [2.24, 2.45) is 7.05 Å². The number of hydrogen-bond acceptors (Lipinski definition) is 4. The number of aryl methyl sites for hydroxylation is 1. The molecular formula is C13H9N5O. The lowest BCUT2D eigenvalue weighted by Crippen LogP contribution is -2.08. The Balaban J connectivity index is 2.25. The number of rotatable bonds is 1. The van der Waals surface area contributed by atoms with Crippen LogP contribution < -0.4 is 5.56 Å². The van der Waals surface area contributed by atoms with Crippen LogP contribution in [0.1, 0.15) is 5.56 Å². The molecule has 0 amide bonds. The van der Waals surface area contributed by atoms with E-state index < -0.39 is 0 Å². The number of nitrogens with one attached hydrogen (secondary N) is 1. The maximum absolute atomic E-state index is 11.2. The molecule has 92 valence electrons. The van der Waals surface area contributed by atoms with E-state index >= 15 is 0 Å². The van der Waals surface area contributed by atoms with Crippen LogP contribution in [-0.4, -0.2) is 19.7 Å². The topological polar surface area (TPSA) is 87.4 Å². The Bertz CT molecular complexity index is 869. The second-order valence-electron chi connectivity index (χ2n) is 4.17. The standard InChI is InChI=1S/C13H9N5O/c1-18-7-15-10-4-8(2-3-11(10)18)13-9(6-14)5-12(19)16-17-13/h2-5,7H,1H3,(H,16,19). The number of aromatic nitrogens is 4. The molecule has 0 saturated carbocycles. The maximum atomic E-state index is 11.2. The molecule has 1 aromatic carbocycles. The second kappa shape index (κ2) is 4.07. The summed E-state index contributed by atoms with van der Waals surface area (Å²) in [5.41, 5.74) is 2.87. The first-order valence-electron chi connectivity index (χ1n) is 5.60. The summed E-state index contributed by atoms with van der Waals surface area (Å²) in [4.78, 5) is 15.4. The van der Waals surface area contributed by atoms with E-state index in [-0.39, 0.29) is 11.1 Å². The fraction of sp³-hybridized carbons (Fsp3) is 0.0769. The molecule has 1 N–H and O–H groups in total. The summed E-state index contributed by atoms with van der Waals surface area (Å²) in [6, 6.07) is 8.83. The van der Waals surface area contributed by atoms with Crippen molar-refractivity contribution in [2.75, 3.05) is 0 Å². The third kappa shape index (κ3) is 1.77. The Kier molecular flexibility index (Phi) is 2.39. The number of imidazole rings is 1. The van der Waals surface area contributed by atoms with E-state index in [4.69, 9.17) is 5.26 Å². The first kappa shape index (κ1) is 11.2. The summed E-state index contributed by atoms with van der Waals surface area (Å²) < 4.78 is 1.91. The van der Waals surface area contributed by atoms with Gasteiger partial charge in [0.1, 0.15) is 11.8 Å². The van der Waals surface area contributed by atoms with E-state index in [9.17, 15) is 4.79 Å². The van der Waals surface area contributed by atoms with E-state index in [0.717, 1.165) is 16.6 Å². The Hall–Kier alpha value is -2.94. The van der Waals surface area contributed by atoms with Crippen molar-refractivity contribution in [1.29, 1.82) is 5.26 Å². The number of benzene rings is 1. The zero-order chi connectivity index (χ0) is 13.4. The molecule has 0 bridgehead atoms. The molecule has 0 radical (unpaired) electrons. The van der Waals surface area contributed by atoms with Crippen molar-refractivity contribution in [3.8, 4) is 17.3 Å². The highest BCUT2D eigenvalue weighted by Crippen LogP contribution is 2.23. The van der Waals surface area contributed by atoms with Crippen molar-refractivity contribution < 1.29 is 0 Å². The fourth-order valence-corrected chi connectivity index (χ4v) is 1.99. The molecule has 2 aromatic heterocycles. The van der Waals surface area contributed by atoms with Crippen LogP contribution in [0, 0.1) is 11.3 Å². The summed E-state index contributed by atoms with van der Waals surface area (Å²) in [5, 5.41) is 15.3. The molecule has 0 aliphatic carbocycles. The van der Waals surface area contributed by atoms with Gasteiger partial charge < -0.3 is 4.57 Å². The van der Waals surface area contributed by atoms with E-state index in [2.05, 4.69) is 15.2 Å². The number of hydrogen-bond donors (Lipinski definition) is 1. The average molecular weight is 251 g/mol. The third-order valence-electron chi connectivity index (χ3n) is 2.93. The van der Waals surface area contributed by atoms with Crippen LogP contribution in [0.15, 0.2) is 35.4 Å². The van der Waals surface area contributed by atoms with Gasteiger partial charge in [-0.1, -0.05) is 6.07 Å². The Labute approximate surface area is 108 Å². The minimum absolute atomic E-state index is 0.249. The first-order chi connectivity index (χ1) is 9.19.